The molecule has 0 saturated carbocycles. The van der Waals surface area contributed by atoms with Gasteiger partial charge in [-0.15, -0.1) is 0 Å². The van der Waals surface area contributed by atoms with E-state index in [4.69, 9.17) is 4.74 Å². The first-order valence-corrected chi connectivity index (χ1v) is 5.93. The SMILES string of the molecule is COC(=O)CCCCCNc1cncc(OC)n1. The van der Waals surface area contributed by atoms with E-state index in [9.17, 15) is 4.79 Å². The van der Waals surface area contributed by atoms with E-state index in [0.29, 0.717) is 18.1 Å². The summed E-state index contributed by atoms with van der Waals surface area (Å²) in [6.45, 7) is 0.795. The molecule has 1 rings (SSSR count). The summed E-state index contributed by atoms with van der Waals surface area (Å²) in [5.41, 5.74) is 0. The lowest BCUT2D eigenvalue weighted by molar-refractivity contribution is -0.140. The molecule has 0 spiro atoms. The highest BCUT2D eigenvalue weighted by Crippen LogP contribution is 2.08. The summed E-state index contributed by atoms with van der Waals surface area (Å²) in [6, 6.07) is 0. The number of nitrogens with zero attached hydrogens (tertiary/aromatic N) is 2. The van der Waals surface area contributed by atoms with Gasteiger partial charge in [0.2, 0.25) is 5.88 Å². The first-order chi connectivity index (χ1) is 8.76. The van der Waals surface area contributed by atoms with Crippen LogP contribution in [0.2, 0.25) is 0 Å². The highest BCUT2D eigenvalue weighted by Gasteiger charge is 2.00. The maximum absolute atomic E-state index is 10.9. The monoisotopic (exact) mass is 253 g/mol. The van der Waals surface area contributed by atoms with E-state index in [1.165, 1.54) is 7.11 Å². The minimum absolute atomic E-state index is 0.151. The Kier molecular flexibility index (Phi) is 6.53. The molecule has 0 amide bonds. The number of carbonyl (C=O) groups is 1. The average molecular weight is 253 g/mol. The number of hydrogen-bond acceptors (Lipinski definition) is 6. The summed E-state index contributed by atoms with van der Waals surface area (Å²) in [6.07, 6.45) is 6.47. The summed E-state index contributed by atoms with van der Waals surface area (Å²) >= 11 is 0. The Morgan fingerprint density at radius 2 is 2.11 bits per heavy atom. The maximum atomic E-state index is 10.9. The van der Waals surface area contributed by atoms with Crippen molar-refractivity contribution in [3.05, 3.63) is 12.4 Å². The number of unbranched alkanes of at least 4 members (excludes halogenated alkanes) is 2. The smallest absolute Gasteiger partial charge is 0.305 e. The zero-order valence-corrected chi connectivity index (χ0v) is 10.8. The molecule has 1 aromatic rings. The van der Waals surface area contributed by atoms with Gasteiger partial charge in [-0.2, -0.15) is 4.98 Å². The third-order valence-corrected chi connectivity index (χ3v) is 2.41. The molecule has 6 nitrogen and oxygen atoms in total. The maximum Gasteiger partial charge on any atom is 0.305 e. The van der Waals surface area contributed by atoms with E-state index < -0.39 is 0 Å². The van der Waals surface area contributed by atoms with Crippen LogP contribution in [-0.2, 0) is 9.53 Å². The molecule has 0 aliphatic heterocycles. The second kappa shape index (κ2) is 8.27. The first-order valence-electron chi connectivity index (χ1n) is 5.93. The van der Waals surface area contributed by atoms with E-state index >= 15 is 0 Å². The van der Waals surface area contributed by atoms with Gasteiger partial charge in [-0.25, -0.2) is 0 Å². The van der Waals surface area contributed by atoms with Crippen molar-refractivity contribution in [1.29, 1.82) is 0 Å². The Morgan fingerprint density at radius 3 is 2.83 bits per heavy atom. The van der Waals surface area contributed by atoms with Gasteiger partial charge in [-0.3, -0.25) is 9.78 Å². The van der Waals surface area contributed by atoms with Crippen molar-refractivity contribution >= 4 is 11.8 Å². The van der Waals surface area contributed by atoms with Crippen LogP contribution in [0.3, 0.4) is 0 Å². The van der Waals surface area contributed by atoms with Crippen LogP contribution in [0, 0.1) is 0 Å². The highest BCUT2D eigenvalue weighted by molar-refractivity contribution is 5.68. The number of methoxy groups -OCH3 is 2. The van der Waals surface area contributed by atoms with Crippen molar-refractivity contribution in [2.24, 2.45) is 0 Å². The van der Waals surface area contributed by atoms with E-state index in [2.05, 4.69) is 20.0 Å². The molecule has 0 atom stereocenters. The molecule has 1 heterocycles. The van der Waals surface area contributed by atoms with Crippen LogP contribution >= 0.6 is 0 Å². The van der Waals surface area contributed by atoms with Crippen LogP contribution < -0.4 is 10.1 Å². The zero-order chi connectivity index (χ0) is 13.2. The zero-order valence-electron chi connectivity index (χ0n) is 10.8. The Hall–Kier alpha value is -1.85. The Bertz CT molecular complexity index is 371. The van der Waals surface area contributed by atoms with Gasteiger partial charge in [0.05, 0.1) is 26.6 Å². The van der Waals surface area contributed by atoms with Gasteiger partial charge < -0.3 is 14.8 Å². The predicted molar refractivity (Wildman–Crippen MR) is 67.6 cm³/mol. The fourth-order valence-electron chi connectivity index (χ4n) is 1.42. The van der Waals surface area contributed by atoms with Crippen molar-refractivity contribution in [3.8, 4) is 5.88 Å². The number of aromatic nitrogens is 2. The molecule has 100 valence electrons. The lowest BCUT2D eigenvalue weighted by Crippen LogP contribution is -2.05. The second-order valence-electron chi connectivity index (χ2n) is 3.76. The van der Waals surface area contributed by atoms with Crippen LogP contribution in [0.15, 0.2) is 12.4 Å². The van der Waals surface area contributed by atoms with Gasteiger partial charge in [0.25, 0.3) is 0 Å². The van der Waals surface area contributed by atoms with Gasteiger partial charge in [0.15, 0.2) is 0 Å². The third kappa shape index (κ3) is 5.47. The summed E-state index contributed by atoms with van der Waals surface area (Å²) in [4.78, 5) is 19.0. The Labute approximate surface area is 107 Å². The standard InChI is InChI=1S/C12H19N3O3/c1-17-11-9-13-8-10(15-11)14-7-5-3-4-6-12(16)18-2/h8-9H,3-7H2,1-2H3,(H,14,15). The molecular formula is C12H19N3O3. The molecule has 0 aromatic carbocycles. The van der Waals surface area contributed by atoms with E-state index in [0.717, 1.165) is 25.8 Å². The minimum Gasteiger partial charge on any atom is -0.480 e. The van der Waals surface area contributed by atoms with Gasteiger partial charge >= 0.3 is 5.97 Å². The van der Waals surface area contributed by atoms with E-state index in [1.54, 1.807) is 19.5 Å². The number of ether oxygens (including phenoxy) is 2. The summed E-state index contributed by atoms with van der Waals surface area (Å²) < 4.78 is 9.54. The van der Waals surface area contributed by atoms with Crippen molar-refractivity contribution in [2.45, 2.75) is 25.7 Å². The second-order valence-corrected chi connectivity index (χ2v) is 3.76. The highest BCUT2D eigenvalue weighted by atomic mass is 16.5. The molecule has 0 aliphatic rings. The summed E-state index contributed by atoms with van der Waals surface area (Å²) in [5, 5.41) is 3.15. The van der Waals surface area contributed by atoms with Crippen molar-refractivity contribution in [1.82, 2.24) is 9.97 Å². The average Bonchev–Trinajstić information content (AvgIpc) is 2.42. The predicted octanol–water partition coefficient (Wildman–Crippen LogP) is 1.63. The quantitative estimate of drug-likeness (QED) is 0.560. The van der Waals surface area contributed by atoms with E-state index in [-0.39, 0.29) is 5.97 Å². The molecule has 0 aliphatic carbocycles. The molecule has 0 saturated heterocycles. The third-order valence-electron chi connectivity index (χ3n) is 2.41. The lowest BCUT2D eigenvalue weighted by Gasteiger charge is -2.06. The molecule has 1 N–H and O–H groups in total. The molecule has 0 radical (unpaired) electrons. The number of rotatable bonds is 8. The molecule has 1 aromatic heterocycles. The summed E-state index contributed by atoms with van der Waals surface area (Å²) in [7, 11) is 2.96. The lowest BCUT2D eigenvalue weighted by atomic mass is 10.2. The van der Waals surface area contributed by atoms with Crippen molar-refractivity contribution in [3.63, 3.8) is 0 Å². The van der Waals surface area contributed by atoms with Crippen molar-refractivity contribution in [2.75, 3.05) is 26.1 Å². The van der Waals surface area contributed by atoms with Crippen LogP contribution in [0.5, 0.6) is 5.88 Å². The fourth-order valence-corrected chi connectivity index (χ4v) is 1.42. The number of nitrogens with one attached hydrogen (secondary N) is 1. The van der Waals surface area contributed by atoms with Crippen molar-refractivity contribution < 1.29 is 14.3 Å². The number of carbonyl (C=O) groups excluding carboxylic acids is 1. The molecule has 18 heavy (non-hydrogen) atoms. The van der Waals surface area contributed by atoms with Crippen LogP contribution in [0.25, 0.3) is 0 Å². The van der Waals surface area contributed by atoms with Crippen LogP contribution in [0.4, 0.5) is 5.82 Å². The number of hydrogen-bond donors (Lipinski definition) is 1. The normalized spacial score (nSPS) is 9.89. The largest absolute Gasteiger partial charge is 0.480 e. The van der Waals surface area contributed by atoms with Crippen LogP contribution in [-0.4, -0.2) is 36.7 Å². The van der Waals surface area contributed by atoms with Gasteiger partial charge in [-0.1, -0.05) is 6.42 Å². The van der Waals surface area contributed by atoms with Gasteiger partial charge in [-0.05, 0) is 12.8 Å². The van der Waals surface area contributed by atoms with Gasteiger partial charge in [0, 0.05) is 13.0 Å². The molecule has 6 heteroatoms. The Balaban J connectivity index is 2.12. The topological polar surface area (TPSA) is 73.3 Å². The first kappa shape index (κ1) is 14.2. The van der Waals surface area contributed by atoms with E-state index in [1.807, 2.05) is 0 Å². The Morgan fingerprint density at radius 1 is 1.28 bits per heavy atom. The fraction of sp³-hybridized carbons (Fsp3) is 0.583. The number of esters is 1. The molecular weight excluding hydrogens is 234 g/mol. The van der Waals surface area contributed by atoms with Gasteiger partial charge in [0.1, 0.15) is 5.82 Å². The molecule has 0 fully saturated rings. The van der Waals surface area contributed by atoms with Crippen LogP contribution in [0.1, 0.15) is 25.7 Å². The number of anilines is 1. The molecule has 0 unspecified atom stereocenters. The molecule has 0 bridgehead atoms. The summed E-state index contributed by atoms with van der Waals surface area (Å²) in [5.74, 6) is 1.04. The minimum atomic E-state index is -0.151.